The Morgan fingerprint density at radius 3 is 2.34 bits per heavy atom. The van der Waals surface area contributed by atoms with Crippen LogP contribution >= 0.6 is 22.9 Å². The number of halogens is 1. The molecule has 2 heterocycles. The highest BCUT2D eigenvalue weighted by Gasteiger charge is 2.44. The fraction of sp³-hybridized carbons (Fsp3) is 0.280. The Bertz CT molecular complexity index is 1100. The Kier molecular flexibility index (Phi) is 7.29. The summed E-state index contributed by atoms with van der Waals surface area (Å²) in [6, 6.07) is 15.1. The Hall–Kier alpha value is -2.21. The molecule has 2 aromatic carbocycles. The summed E-state index contributed by atoms with van der Waals surface area (Å²) in [5.74, 6) is 6.27. The highest BCUT2D eigenvalue weighted by molar-refractivity contribution is 7.08. The molecule has 0 bridgehead atoms. The molecule has 5 nitrogen and oxygen atoms in total. The van der Waals surface area contributed by atoms with Crippen molar-refractivity contribution >= 4 is 22.9 Å². The van der Waals surface area contributed by atoms with E-state index in [2.05, 4.69) is 11.8 Å². The first-order chi connectivity index (χ1) is 15.5. The molecule has 0 spiro atoms. The third-order valence-corrected chi connectivity index (χ3v) is 6.56. The molecule has 5 atom stereocenters. The third kappa shape index (κ3) is 5.06. The summed E-state index contributed by atoms with van der Waals surface area (Å²) in [7, 11) is 0. The molecule has 1 aromatic heterocycles. The van der Waals surface area contributed by atoms with E-state index in [0.29, 0.717) is 17.0 Å². The van der Waals surface area contributed by atoms with Crippen molar-refractivity contribution in [3.8, 4) is 11.8 Å². The fourth-order valence-electron chi connectivity index (χ4n) is 3.69. The molecule has 4 rings (SSSR count). The summed E-state index contributed by atoms with van der Waals surface area (Å²) in [4.78, 5) is 0. The van der Waals surface area contributed by atoms with Gasteiger partial charge < -0.3 is 25.2 Å². The summed E-state index contributed by atoms with van der Waals surface area (Å²) >= 11 is 8.03. The Morgan fingerprint density at radius 2 is 1.66 bits per heavy atom. The van der Waals surface area contributed by atoms with Gasteiger partial charge in [-0.05, 0) is 52.8 Å². The maximum absolute atomic E-state index is 10.4. The molecule has 3 aromatic rings. The second-order valence-electron chi connectivity index (χ2n) is 7.74. The van der Waals surface area contributed by atoms with E-state index in [9.17, 15) is 20.4 Å². The average molecular weight is 471 g/mol. The van der Waals surface area contributed by atoms with Gasteiger partial charge in [0.1, 0.15) is 30.5 Å². The molecule has 1 aliphatic heterocycles. The Balaban J connectivity index is 1.52. The smallest absolute Gasteiger partial charge is 0.113 e. The number of ether oxygens (including phenoxy) is 1. The van der Waals surface area contributed by atoms with Crippen LogP contribution in [0.5, 0.6) is 0 Å². The standard InChI is InChI=1S/C25H23ClO5S/c26-20-8-7-18(25-24(30)23(29)22(28)21(13-27)31-25)12-19(20)11-16-4-1-15(2-5-16)3-6-17-9-10-32-14-17/h1-2,4-5,7-10,12,14,21-25,27-30H,11,13H2/t21-,22-,23?,24-,25+/m1/s1. The number of aliphatic hydroxyl groups excluding tert-OH is 4. The zero-order valence-corrected chi connectivity index (χ0v) is 18.6. The molecular formula is C25H23ClO5S. The van der Waals surface area contributed by atoms with E-state index in [4.69, 9.17) is 16.3 Å². The van der Waals surface area contributed by atoms with Crippen molar-refractivity contribution in [3.05, 3.63) is 92.1 Å². The normalized spacial score (nSPS) is 25.2. The van der Waals surface area contributed by atoms with E-state index in [-0.39, 0.29) is 0 Å². The topological polar surface area (TPSA) is 90.2 Å². The lowest BCUT2D eigenvalue weighted by atomic mass is 9.90. The van der Waals surface area contributed by atoms with Gasteiger partial charge >= 0.3 is 0 Å². The minimum absolute atomic E-state index is 0.469. The molecule has 1 saturated heterocycles. The first-order valence-electron chi connectivity index (χ1n) is 10.2. The predicted molar refractivity (Wildman–Crippen MR) is 124 cm³/mol. The Labute approximate surface area is 195 Å². The molecule has 0 saturated carbocycles. The minimum Gasteiger partial charge on any atom is -0.394 e. The van der Waals surface area contributed by atoms with Crippen LogP contribution in [0.25, 0.3) is 0 Å². The van der Waals surface area contributed by atoms with Crippen LogP contribution in [0.3, 0.4) is 0 Å². The van der Waals surface area contributed by atoms with Crippen LogP contribution in [0.1, 0.15) is 33.9 Å². The lowest BCUT2D eigenvalue weighted by Gasteiger charge is -2.40. The lowest BCUT2D eigenvalue weighted by Crippen LogP contribution is -2.55. The van der Waals surface area contributed by atoms with Gasteiger partial charge in [0, 0.05) is 21.5 Å². The fourth-order valence-corrected chi connectivity index (χ4v) is 4.46. The van der Waals surface area contributed by atoms with Crippen molar-refractivity contribution in [1.82, 2.24) is 0 Å². The Morgan fingerprint density at radius 1 is 0.906 bits per heavy atom. The highest BCUT2D eigenvalue weighted by Crippen LogP contribution is 2.34. The van der Waals surface area contributed by atoms with Gasteiger partial charge in [-0.2, -0.15) is 11.3 Å². The highest BCUT2D eigenvalue weighted by atomic mass is 35.5. The van der Waals surface area contributed by atoms with Crippen molar-refractivity contribution in [1.29, 1.82) is 0 Å². The van der Waals surface area contributed by atoms with E-state index >= 15 is 0 Å². The van der Waals surface area contributed by atoms with E-state index in [1.165, 1.54) is 0 Å². The first kappa shape index (κ1) is 23.0. The van der Waals surface area contributed by atoms with Crippen LogP contribution in [0.2, 0.25) is 5.02 Å². The summed E-state index contributed by atoms with van der Waals surface area (Å²) in [6.45, 7) is -0.469. The van der Waals surface area contributed by atoms with Gasteiger partial charge in [-0.25, -0.2) is 0 Å². The molecule has 1 aliphatic rings. The quantitative estimate of drug-likeness (QED) is 0.440. The van der Waals surface area contributed by atoms with Crippen LogP contribution in [-0.2, 0) is 11.2 Å². The molecule has 7 heteroatoms. The van der Waals surface area contributed by atoms with E-state index < -0.39 is 37.1 Å². The summed E-state index contributed by atoms with van der Waals surface area (Å²) in [5, 5.41) is 44.5. The van der Waals surface area contributed by atoms with Gasteiger partial charge in [0.25, 0.3) is 0 Å². The minimum atomic E-state index is -1.42. The van der Waals surface area contributed by atoms with Gasteiger partial charge in [-0.15, -0.1) is 0 Å². The molecule has 4 N–H and O–H groups in total. The maximum atomic E-state index is 10.4. The van der Waals surface area contributed by atoms with Crippen LogP contribution in [0, 0.1) is 11.8 Å². The largest absolute Gasteiger partial charge is 0.394 e. The number of benzene rings is 2. The van der Waals surface area contributed by atoms with Gasteiger partial charge in [0.2, 0.25) is 0 Å². The number of aliphatic hydroxyl groups is 4. The number of hydrogen-bond donors (Lipinski definition) is 4. The van der Waals surface area contributed by atoms with Crippen LogP contribution < -0.4 is 0 Å². The van der Waals surface area contributed by atoms with Gasteiger partial charge in [-0.1, -0.05) is 47.7 Å². The zero-order chi connectivity index (χ0) is 22.7. The summed E-state index contributed by atoms with van der Waals surface area (Å²) < 4.78 is 5.67. The molecule has 0 radical (unpaired) electrons. The average Bonchev–Trinajstić information content (AvgIpc) is 3.33. The van der Waals surface area contributed by atoms with Gasteiger partial charge in [0.05, 0.1) is 6.61 Å². The van der Waals surface area contributed by atoms with Crippen LogP contribution in [0.4, 0.5) is 0 Å². The van der Waals surface area contributed by atoms with Gasteiger partial charge in [-0.3, -0.25) is 0 Å². The van der Waals surface area contributed by atoms with E-state index in [1.54, 1.807) is 23.5 Å². The van der Waals surface area contributed by atoms with Gasteiger partial charge in [0.15, 0.2) is 0 Å². The second kappa shape index (κ2) is 10.2. The number of rotatable bonds is 4. The van der Waals surface area contributed by atoms with Crippen LogP contribution in [-0.4, -0.2) is 51.4 Å². The SMILES string of the molecule is OC[C@H]1O[C@@H](c2ccc(Cl)c(Cc3ccc(C#Cc4ccsc4)cc3)c2)[C@H](O)C(O)[C@@H]1O. The van der Waals surface area contributed by atoms with Crippen molar-refractivity contribution in [3.63, 3.8) is 0 Å². The monoisotopic (exact) mass is 470 g/mol. The third-order valence-electron chi connectivity index (χ3n) is 5.51. The number of hydrogen-bond acceptors (Lipinski definition) is 6. The van der Waals surface area contributed by atoms with Crippen molar-refractivity contribution in [2.75, 3.05) is 6.61 Å². The molecule has 1 unspecified atom stereocenters. The first-order valence-corrected chi connectivity index (χ1v) is 11.5. The summed E-state index contributed by atoms with van der Waals surface area (Å²) in [6.07, 6.45) is -5.44. The molecule has 0 aliphatic carbocycles. The predicted octanol–water partition coefficient (Wildman–Crippen LogP) is 2.91. The molecule has 1 fully saturated rings. The number of thiophene rings is 1. The second-order valence-corrected chi connectivity index (χ2v) is 8.92. The van der Waals surface area contributed by atoms with Crippen molar-refractivity contribution in [2.24, 2.45) is 0 Å². The molecule has 32 heavy (non-hydrogen) atoms. The van der Waals surface area contributed by atoms with Crippen molar-refractivity contribution < 1.29 is 25.2 Å². The van der Waals surface area contributed by atoms with E-state index in [0.717, 1.165) is 22.3 Å². The van der Waals surface area contributed by atoms with Crippen molar-refractivity contribution in [2.45, 2.75) is 36.9 Å². The molecular weight excluding hydrogens is 448 g/mol. The molecule has 0 amide bonds. The zero-order valence-electron chi connectivity index (χ0n) is 17.1. The lowest BCUT2D eigenvalue weighted by molar-refractivity contribution is -0.231. The summed E-state index contributed by atoms with van der Waals surface area (Å²) in [5.41, 5.74) is 4.40. The maximum Gasteiger partial charge on any atom is 0.113 e. The van der Waals surface area contributed by atoms with Crippen LogP contribution in [0.15, 0.2) is 59.3 Å². The van der Waals surface area contributed by atoms with E-state index in [1.807, 2.05) is 47.2 Å². The molecule has 166 valence electrons.